The topological polar surface area (TPSA) is 60.2 Å². The molecule has 27 heavy (non-hydrogen) atoms. The van der Waals surface area contributed by atoms with Gasteiger partial charge in [0.15, 0.2) is 0 Å². The van der Waals surface area contributed by atoms with Gasteiger partial charge in [0.2, 0.25) is 11.8 Å². The summed E-state index contributed by atoms with van der Waals surface area (Å²) in [5.74, 6) is 1.49. The van der Waals surface area contributed by atoms with E-state index in [2.05, 4.69) is 10.1 Å². The Hall–Kier alpha value is -2.37. The van der Waals surface area contributed by atoms with Crippen molar-refractivity contribution >= 4 is 5.91 Å². The van der Waals surface area contributed by atoms with Crippen LogP contribution in [0.5, 0.6) is 5.88 Å². The lowest BCUT2D eigenvalue weighted by Gasteiger charge is -2.28. The van der Waals surface area contributed by atoms with Crippen LogP contribution in [-0.4, -0.2) is 32.1 Å². The van der Waals surface area contributed by atoms with E-state index in [0.29, 0.717) is 37.3 Å². The second-order valence-corrected chi connectivity index (χ2v) is 7.82. The summed E-state index contributed by atoms with van der Waals surface area (Å²) in [4.78, 5) is 19.2. The zero-order valence-electron chi connectivity index (χ0n) is 16.3. The Morgan fingerprint density at radius 3 is 2.89 bits per heavy atom. The Morgan fingerprint density at radius 2 is 2.11 bits per heavy atom. The lowest BCUT2D eigenvalue weighted by molar-refractivity contribution is -0.133. The molecule has 1 aliphatic carbocycles. The van der Waals surface area contributed by atoms with Crippen molar-refractivity contribution in [2.45, 2.75) is 58.6 Å². The molecule has 1 saturated carbocycles. The maximum absolute atomic E-state index is 12.8. The van der Waals surface area contributed by atoms with Gasteiger partial charge in [-0.1, -0.05) is 18.9 Å². The summed E-state index contributed by atoms with van der Waals surface area (Å²) >= 11 is 0. The van der Waals surface area contributed by atoms with Crippen molar-refractivity contribution in [3.05, 3.63) is 40.8 Å². The van der Waals surface area contributed by atoms with E-state index in [0.717, 1.165) is 29.9 Å². The Balaban J connectivity index is 1.44. The van der Waals surface area contributed by atoms with Crippen LogP contribution in [0.3, 0.4) is 0 Å². The molecule has 0 N–H and O–H groups in total. The average molecular weight is 368 g/mol. The number of hydrogen-bond acceptors (Lipinski definition) is 4. The number of amides is 1. The maximum Gasteiger partial charge on any atom is 0.223 e. The summed E-state index contributed by atoms with van der Waals surface area (Å²) in [5, 5.41) is 4.65. The van der Waals surface area contributed by atoms with E-state index >= 15 is 0 Å². The standard InChI is InChI=1S/C21H28N4O2/c1-15-6-5-9-20(22-15)27-14-18-17-13-25(11-10-19(17)24(2)23-18)21(26)12-16-7-3-4-8-16/h5-6,9,16H,3-4,7-8,10-14H2,1-2H3. The summed E-state index contributed by atoms with van der Waals surface area (Å²) in [6, 6.07) is 5.75. The van der Waals surface area contributed by atoms with Crippen LogP contribution in [0.4, 0.5) is 0 Å². The van der Waals surface area contributed by atoms with Crippen LogP contribution in [0.1, 0.15) is 54.7 Å². The lowest BCUT2D eigenvalue weighted by Crippen LogP contribution is -2.37. The van der Waals surface area contributed by atoms with E-state index in [9.17, 15) is 4.79 Å². The third-order valence-corrected chi connectivity index (χ3v) is 5.84. The van der Waals surface area contributed by atoms with Gasteiger partial charge in [-0.05, 0) is 31.7 Å². The minimum Gasteiger partial charge on any atom is -0.471 e. The smallest absolute Gasteiger partial charge is 0.223 e. The molecule has 1 aliphatic heterocycles. The largest absolute Gasteiger partial charge is 0.471 e. The van der Waals surface area contributed by atoms with Crippen LogP contribution >= 0.6 is 0 Å². The lowest BCUT2D eigenvalue weighted by atomic mass is 10.0. The SMILES string of the molecule is Cc1cccc(OCc2nn(C)c3c2CN(C(=O)CC2CCCC2)CC3)n1. The van der Waals surface area contributed by atoms with Gasteiger partial charge in [0.25, 0.3) is 0 Å². The number of aromatic nitrogens is 3. The Labute approximate surface area is 160 Å². The zero-order valence-corrected chi connectivity index (χ0v) is 16.3. The average Bonchev–Trinajstić information content (AvgIpc) is 3.28. The summed E-state index contributed by atoms with van der Waals surface area (Å²) in [6.45, 7) is 3.76. The monoisotopic (exact) mass is 368 g/mol. The first-order chi connectivity index (χ1) is 13.1. The van der Waals surface area contributed by atoms with Crippen molar-refractivity contribution in [3.8, 4) is 5.88 Å². The van der Waals surface area contributed by atoms with Crippen molar-refractivity contribution in [1.82, 2.24) is 19.7 Å². The number of nitrogens with zero attached hydrogens (tertiary/aromatic N) is 4. The molecule has 3 heterocycles. The summed E-state index contributed by atoms with van der Waals surface area (Å²) in [5.41, 5.74) is 4.21. The molecule has 144 valence electrons. The second-order valence-electron chi connectivity index (χ2n) is 7.82. The normalized spacial score (nSPS) is 17.2. The highest BCUT2D eigenvalue weighted by atomic mass is 16.5. The molecule has 0 spiro atoms. The van der Waals surface area contributed by atoms with Gasteiger partial charge in [0.1, 0.15) is 12.3 Å². The minimum absolute atomic E-state index is 0.295. The molecule has 0 unspecified atom stereocenters. The third-order valence-electron chi connectivity index (χ3n) is 5.84. The van der Waals surface area contributed by atoms with E-state index in [-0.39, 0.29) is 0 Å². The van der Waals surface area contributed by atoms with E-state index in [4.69, 9.17) is 4.74 Å². The van der Waals surface area contributed by atoms with Crippen molar-refractivity contribution < 1.29 is 9.53 Å². The van der Waals surface area contributed by atoms with Crippen LogP contribution in [0.15, 0.2) is 18.2 Å². The first-order valence-electron chi connectivity index (χ1n) is 9.98. The van der Waals surface area contributed by atoms with E-state index in [1.807, 2.05) is 41.8 Å². The molecule has 4 rings (SSSR count). The molecule has 6 nitrogen and oxygen atoms in total. The molecule has 1 amide bonds. The third kappa shape index (κ3) is 3.99. The molecule has 6 heteroatoms. The molecular formula is C21H28N4O2. The van der Waals surface area contributed by atoms with E-state index < -0.39 is 0 Å². The number of hydrogen-bond donors (Lipinski definition) is 0. The molecule has 2 aromatic heterocycles. The molecule has 0 bridgehead atoms. The summed E-state index contributed by atoms with van der Waals surface area (Å²) in [7, 11) is 1.98. The fraction of sp³-hybridized carbons (Fsp3) is 0.571. The summed E-state index contributed by atoms with van der Waals surface area (Å²) < 4.78 is 7.81. The molecule has 0 aromatic carbocycles. The van der Waals surface area contributed by atoms with Gasteiger partial charge in [-0.2, -0.15) is 5.10 Å². The van der Waals surface area contributed by atoms with Gasteiger partial charge in [0, 0.05) is 56.0 Å². The van der Waals surface area contributed by atoms with Crippen LogP contribution < -0.4 is 4.74 Å². The minimum atomic E-state index is 0.295. The Kier molecular flexibility index (Phi) is 5.14. The molecule has 2 aromatic rings. The highest BCUT2D eigenvalue weighted by Gasteiger charge is 2.28. The first kappa shape index (κ1) is 18.0. The number of rotatable bonds is 5. The number of ether oxygens (including phenoxy) is 1. The van der Waals surface area contributed by atoms with Crippen molar-refractivity contribution in [1.29, 1.82) is 0 Å². The maximum atomic E-state index is 12.8. The Bertz CT molecular complexity index is 824. The fourth-order valence-electron chi connectivity index (χ4n) is 4.33. The van der Waals surface area contributed by atoms with Crippen molar-refractivity contribution in [3.63, 3.8) is 0 Å². The molecule has 1 fully saturated rings. The molecular weight excluding hydrogens is 340 g/mol. The molecule has 0 atom stereocenters. The van der Waals surface area contributed by atoms with Gasteiger partial charge in [-0.3, -0.25) is 9.48 Å². The molecule has 0 saturated heterocycles. The fourth-order valence-corrected chi connectivity index (χ4v) is 4.33. The zero-order chi connectivity index (χ0) is 18.8. The van der Waals surface area contributed by atoms with Gasteiger partial charge in [-0.15, -0.1) is 0 Å². The number of carbonyl (C=O) groups excluding carboxylic acids is 1. The number of pyridine rings is 1. The molecule has 0 radical (unpaired) electrons. The van der Waals surface area contributed by atoms with Gasteiger partial charge < -0.3 is 9.64 Å². The van der Waals surface area contributed by atoms with Crippen molar-refractivity contribution in [2.75, 3.05) is 6.54 Å². The van der Waals surface area contributed by atoms with Crippen LogP contribution in [-0.2, 0) is 31.4 Å². The quantitative estimate of drug-likeness (QED) is 0.813. The van der Waals surface area contributed by atoms with Gasteiger partial charge in [-0.25, -0.2) is 4.98 Å². The second kappa shape index (κ2) is 7.71. The van der Waals surface area contributed by atoms with Crippen molar-refractivity contribution in [2.24, 2.45) is 13.0 Å². The predicted octanol–water partition coefficient (Wildman–Crippen LogP) is 3.17. The van der Waals surface area contributed by atoms with E-state index in [1.54, 1.807) is 0 Å². The summed E-state index contributed by atoms with van der Waals surface area (Å²) in [6.07, 6.45) is 6.53. The Morgan fingerprint density at radius 1 is 1.30 bits per heavy atom. The highest BCUT2D eigenvalue weighted by molar-refractivity contribution is 5.76. The van der Waals surface area contributed by atoms with Crippen LogP contribution in [0.25, 0.3) is 0 Å². The number of aryl methyl sites for hydroxylation is 2. The van der Waals surface area contributed by atoms with Crippen LogP contribution in [0.2, 0.25) is 0 Å². The predicted molar refractivity (Wildman–Crippen MR) is 102 cm³/mol. The first-order valence-corrected chi connectivity index (χ1v) is 9.98. The van der Waals surface area contributed by atoms with Gasteiger partial charge >= 0.3 is 0 Å². The van der Waals surface area contributed by atoms with E-state index in [1.165, 1.54) is 31.4 Å². The van der Waals surface area contributed by atoms with Gasteiger partial charge in [0.05, 0.1) is 0 Å². The number of fused-ring (bicyclic) bond motifs is 1. The molecule has 2 aliphatic rings. The number of carbonyl (C=O) groups is 1. The highest BCUT2D eigenvalue weighted by Crippen LogP contribution is 2.30. The van der Waals surface area contributed by atoms with Crippen LogP contribution in [0, 0.1) is 12.8 Å².